The lowest BCUT2D eigenvalue weighted by Gasteiger charge is -2.04. The predicted molar refractivity (Wildman–Crippen MR) is 67.5 cm³/mol. The SMILES string of the molecule is Nc1ccnn1Cc1ccc2ccccc2n1. The number of pyridine rings is 1. The highest BCUT2D eigenvalue weighted by molar-refractivity contribution is 5.78. The Balaban J connectivity index is 1.99. The predicted octanol–water partition coefficient (Wildman–Crippen LogP) is 2.06. The summed E-state index contributed by atoms with van der Waals surface area (Å²) in [6.45, 7) is 0.601. The molecule has 3 rings (SSSR count). The molecule has 0 spiro atoms. The molecular formula is C13H12N4. The fourth-order valence-electron chi connectivity index (χ4n) is 1.82. The molecule has 0 unspecified atom stereocenters. The topological polar surface area (TPSA) is 56.7 Å². The highest BCUT2D eigenvalue weighted by Gasteiger charge is 2.02. The van der Waals surface area contributed by atoms with Crippen molar-refractivity contribution in [1.29, 1.82) is 0 Å². The number of hydrogen-bond donors (Lipinski definition) is 1. The molecule has 3 aromatic rings. The molecule has 2 heterocycles. The number of anilines is 1. The summed E-state index contributed by atoms with van der Waals surface area (Å²) in [7, 11) is 0. The van der Waals surface area contributed by atoms with Crippen LogP contribution in [0.5, 0.6) is 0 Å². The van der Waals surface area contributed by atoms with E-state index in [2.05, 4.69) is 16.1 Å². The second-order valence-electron chi connectivity index (χ2n) is 3.91. The number of nitrogen functional groups attached to an aromatic ring is 1. The van der Waals surface area contributed by atoms with Crippen LogP contribution in [0.4, 0.5) is 5.82 Å². The van der Waals surface area contributed by atoms with Crippen LogP contribution < -0.4 is 5.73 Å². The van der Waals surface area contributed by atoms with Crippen molar-refractivity contribution in [1.82, 2.24) is 14.8 Å². The smallest absolute Gasteiger partial charge is 0.122 e. The Morgan fingerprint density at radius 2 is 1.94 bits per heavy atom. The summed E-state index contributed by atoms with van der Waals surface area (Å²) in [6.07, 6.45) is 1.69. The number of para-hydroxylation sites is 1. The Hall–Kier alpha value is -2.36. The fraction of sp³-hybridized carbons (Fsp3) is 0.0769. The fourth-order valence-corrected chi connectivity index (χ4v) is 1.82. The molecule has 0 amide bonds. The standard InChI is InChI=1S/C13H12N4/c14-13-7-8-15-17(13)9-11-6-5-10-3-1-2-4-12(10)16-11/h1-8H,9,14H2. The van der Waals surface area contributed by atoms with E-state index in [1.165, 1.54) is 0 Å². The molecule has 0 aliphatic rings. The molecule has 84 valence electrons. The Labute approximate surface area is 98.7 Å². The first-order valence-electron chi connectivity index (χ1n) is 5.45. The molecule has 0 aliphatic heterocycles. The maximum atomic E-state index is 5.77. The van der Waals surface area contributed by atoms with E-state index in [4.69, 9.17) is 5.73 Å². The molecule has 2 N–H and O–H groups in total. The molecule has 0 radical (unpaired) electrons. The van der Waals surface area contributed by atoms with E-state index in [-0.39, 0.29) is 0 Å². The lowest BCUT2D eigenvalue weighted by atomic mass is 10.2. The van der Waals surface area contributed by atoms with Crippen LogP contribution in [0.1, 0.15) is 5.69 Å². The van der Waals surface area contributed by atoms with E-state index < -0.39 is 0 Å². The van der Waals surface area contributed by atoms with Gasteiger partial charge in [0.25, 0.3) is 0 Å². The summed E-state index contributed by atoms with van der Waals surface area (Å²) in [5.74, 6) is 0.653. The lowest BCUT2D eigenvalue weighted by molar-refractivity contribution is 0.684. The number of hydrogen-bond acceptors (Lipinski definition) is 3. The van der Waals surface area contributed by atoms with Crippen LogP contribution in [0.3, 0.4) is 0 Å². The van der Waals surface area contributed by atoms with Crippen LogP contribution >= 0.6 is 0 Å². The van der Waals surface area contributed by atoms with Gasteiger partial charge in [-0.2, -0.15) is 5.10 Å². The van der Waals surface area contributed by atoms with Crippen LogP contribution in [0.15, 0.2) is 48.7 Å². The lowest BCUT2D eigenvalue weighted by Crippen LogP contribution is -2.06. The third-order valence-electron chi connectivity index (χ3n) is 2.72. The molecule has 0 aliphatic carbocycles. The first-order chi connectivity index (χ1) is 8.33. The summed E-state index contributed by atoms with van der Waals surface area (Å²) in [5.41, 5.74) is 7.73. The average molecular weight is 224 g/mol. The molecule has 1 aromatic carbocycles. The first kappa shape index (κ1) is 9.84. The van der Waals surface area contributed by atoms with E-state index in [1.54, 1.807) is 16.9 Å². The zero-order valence-corrected chi connectivity index (χ0v) is 9.24. The van der Waals surface area contributed by atoms with Gasteiger partial charge in [0, 0.05) is 5.39 Å². The van der Waals surface area contributed by atoms with Gasteiger partial charge in [-0.15, -0.1) is 0 Å². The van der Waals surface area contributed by atoms with Gasteiger partial charge in [-0.05, 0) is 18.2 Å². The van der Waals surface area contributed by atoms with Crippen LogP contribution in [0, 0.1) is 0 Å². The second kappa shape index (κ2) is 3.90. The molecule has 0 atom stereocenters. The highest BCUT2D eigenvalue weighted by atomic mass is 15.3. The zero-order chi connectivity index (χ0) is 11.7. The van der Waals surface area contributed by atoms with Crippen LogP contribution in [-0.4, -0.2) is 14.8 Å². The number of rotatable bonds is 2. The van der Waals surface area contributed by atoms with Crippen LogP contribution in [0.25, 0.3) is 10.9 Å². The van der Waals surface area contributed by atoms with Crippen molar-refractivity contribution in [2.45, 2.75) is 6.54 Å². The molecule has 17 heavy (non-hydrogen) atoms. The van der Waals surface area contributed by atoms with Crippen molar-refractivity contribution >= 4 is 16.7 Å². The Kier molecular flexibility index (Phi) is 2.26. The van der Waals surface area contributed by atoms with Crippen molar-refractivity contribution in [2.75, 3.05) is 5.73 Å². The summed E-state index contributed by atoms with van der Waals surface area (Å²) >= 11 is 0. The van der Waals surface area contributed by atoms with E-state index in [1.807, 2.05) is 30.3 Å². The largest absolute Gasteiger partial charge is 0.384 e. The summed E-state index contributed by atoms with van der Waals surface area (Å²) in [6, 6.07) is 13.9. The summed E-state index contributed by atoms with van der Waals surface area (Å²) < 4.78 is 1.73. The molecule has 0 saturated heterocycles. The first-order valence-corrected chi connectivity index (χ1v) is 5.45. The average Bonchev–Trinajstić information content (AvgIpc) is 2.75. The second-order valence-corrected chi connectivity index (χ2v) is 3.91. The van der Waals surface area contributed by atoms with Gasteiger partial charge in [0.05, 0.1) is 24.0 Å². The molecule has 0 saturated carbocycles. The van der Waals surface area contributed by atoms with Crippen molar-refractivity contribution in [3.8, 4) is 0 Å². The number of aromatic nitrogens is 3. The van der Waals surface area contributed by atoms with Gasteiger partial charge in [-0.25, -0.2) is 4.68 Å². The molecule has 4 nitrogen and oxygen atoms in total. The minimum absolute atomic E-state index is 0.601. The maximum absolute atomic E-state index is 5.77. The van der Waals surface area contributed by atoms with Crippen LogP contribution in [0.2, 0.25) is 0 Å². The minimum atomic E-state index is 0.601. The summed E-state index contributed by atoms with van der Waals surface area (Å²) in [4.78, 5) is 4.57. The monoisotopic (exact) mass is 224 g/mol. The molecule has 4 heteroatoms. The van der Waals surface area contributed by atoms with E-state index in [0.29, 0.717) is 12.4 Å². The Morgan fingerprint density at radius 1 is 1.06 bits per heavy atom. The third kappa shape index (κ3) is 1.85. The number of nitrogens with zero attached hydrogens (tertiary/aromatic N) is 3. The van der Waals surface area contributed by atoms with Gasteiger partial charge in [-0.1, -0.05) is 24.3 Å². The number of fused-ring (bicyclic) bond motifs is 1. The van der Waals surface area contributed by atoms with Crippen LogP contribution in [-0.2, 0) is 6.54 Å². The molecule has 0 fully saturated rings. The zero-order valence-electron chi connectivity index (χ0n) is 9.24. The number of benzene rings is 1. The van der Waals surface area contributed by atoms with Gasteiger partial charge in [0.15, 0.2) is 0 Å². The van der Waals surface area contributed by atoms with E-state index in [0.717, 1.165) is 16.6 Å². The van der Waals surface area contributed by atoms with Crippen molar-refractivity contribution in [2.24, 2.45) is 0 Å². The van der Waals surface area contributed by atoms with Crippen molar-refractivity contribution in [3.05, 3.63) is 54.4 Å². The van der Waals surface area contributed by atoms with E-state index in [9.17, 15) is 0 Å². The van der Waals surface area contributed by atoms with Gasteiger partial charge in [0.2, 0.25) is 0 Å². The van der Waals surface area contributed by atoms with Crippen molar-refractivity contribution in [3.63, 3.8) is 0 Å². The molecule has 2 aromatic heterocycles. The molecule has 0 bridgehead atoms. The van der Waals surface area contributed by atoms with Gasteiger partial charge in [-0.3, -0.25) is 4.98 Å². The normalized spacial score (nSPS) is 10.8. The van der Waals surface area contributed by atoms with Gasteiger partial charge in [0.1, 0.15) is 5.82 Å². The third-order valence-corrected chi connectivity index (χ3v) is 2.72. The Morgan fingerprint density at radius 3 is 2.76 bits per heavy atom. The van der Waals surface area contributed by atoms with Crippen molar-refractivity contribution < 1.29 is 0 Å². The van der Waals surface area contributed by atoms with Gasteiger partial charge < -0.3 is 5.73 Å². The maximum Gasteiger partial charge on any atom is 0.122 e. The minimum Gasteiger partial charge on any atom is -0.384 e. The summed E-state index contributed by atoms with van der Waals surface area (Å²) in [5, 5.41) is 5.29. The number of nitrogens with two attached hydrogens (primary N) is 1. The quantitative estimate of drug-likeness (QED) is 0.724. The highest BCUT2D eigenvalue weighted by Crippen LogP contribution is 2.13. The van der Waals surface area contributed by atoms with E-state index >= 15 is 0 Å². The molecular weight excluding hydrogens is 212 g/mol. The Bertz CT molecular complexity index is 657. The van der Waals surface area contributed by atoms with Gasteiger partial charge >= 0.3 is 0 Å².